The van der Waals surface area contributed by atoms with Crippen molar-refractivity contribution in [1.82, 2.24) is 25.1 Å². The van der Waals surface area contributed by atoms with Gasteiger partial charge in [-0.2, -0.15) is 5.10 Å². The van der Waals surface area contributed by atoms with Crippen molar-refractivity contribution in [2.45, 2.75) is 26.7 Å². The van der Waals surface area contributed by atoms with Crippen molar-refractivity contribution in [2.24, 2.45) is 7.05 Å². The fourth-order valence-corrected chi connectivity index (χ4v) is 3.55. The largest absolute Gasteiger partial charge is 0.355 e. The average molecular weight is 355 g/mol. The van der Waals surface area contributed by atoms with Gasteiger partial charge in [-0.15, -0.1) is 11.3 Å². The van der Waals surface area contributed by atoms with E-state index < -0.39 is 0 Å². The highest BCUT2D eigenvalue weighted by Gasteiger charge is 2.11. The fourth-order valence-electron chi connectivity index (χ4n) is 2.74. The second-order valence-corrected chi connectivity index (χ2v) is 6.79. The Morgan fingerprint density at radius 1 is 1.36 bits per heavy atom. The van der Waals surface area contributed by atoms with E-state index in [-0.39, 0.29) is 5.91 Å². The van der Waals surface area contributed by atoms with Crippen molar-refractivity contribution in [1.29, 1.82) is 0 Å². The summed E-state index contributed by atoms with van der Waals surface area (Å²) in [6.07, 6.45) is 4.59. The normalized spacial score (nSPS) is 10.8. The van der Waals surface area contributed by atoms with Gasteiger partial charge >= 0.3 is 0 Å². The zero-order valence-corrected chi connectivity index (χ0v) is 15.4. The summed E-state index contributed by atoms with van der Waals surface area (Å²) in [5.41, 5.74) is 5.13. The lowest BCUT2D eigenvalue weighted by atomic mass is 10.1. The highest BCUT2D eigenvalue weighted by molar-refractivity contribution is 7.13. The summed E-state index contributed by atoms with van der Waals surface area (Å²) >= 11 is 1.53. The number of thiazole rings is 1. The van der Waals surface area contributed by atoms with Gasteiger partial charge in [0.25, 0.3) is 0 Å². The standard InChI is InChI=1S/C18H21N5OS/c1-12-16(13(2)23(3)22-12)6-8-20-17(24)9-15-11-25-18(21-15)14-5-4-7-19-10-14/h4-5,7,10-11H,6,8-9H2,1-3H3,(H,20,24). The van der Waals surface area contributed by atoms with Gasteiger partial charge in [0.15, 0.2) is 0 Å². The minimum atomic E-state index is -0.0118. The summed E-state index contributed by atoms with van der Waals surface area (Å²) < 4.78 is 1.88. The minimum Gasteiger partial charge on any atom is -0.355 e. The second kappa shape index (κ2) is 7.57. The van der Waals surface area contributed by atoms with Gasteiger partial charge in [0.2, 0.25) is 5.91 Å². The molecular weight excluding hydrogens is 334 g/mol. The summed E-state index contributed by atoms with van der Waals surface area (Å²) in [4.78, 5) is 20.8. The Morgan fingerprint density at radius 3 is 2.88 bits per heavy atom. The van der Waals surface area contributed by atoms with Crippen LogP contribution in [0.1, 0.15) is 22.6 Å². The van der Waals surface area contributed by atoms with Crippen LogP contribution in [0.5, 0.6) is 0 Å². The highest BCUT2D eigenvalue weighted by atomic mass is 32.1. The van der Waals surface area contributed by atoms with Crippen molar-refractivity contribution in [2.75, 3.05) is 6.54 Å². The number of carbonyl (C=O) groups excluding carboxylic acids is 1. The van der Waals surface area contributed by atoms with Crippen molar-refractivity contribution in [3.8, 4) is 10.6 Å². The molecule has 0 saturated carbocycles. The van der Waals surface area contributed by atoms with Crippen LogP contribution in [0.15, 0.2) is 29.9 Å². The molecule has 0 aliphatic carbocycles. The summed E-state index contributed by atoms with van der Waals surface area (Å²) in [6.45, 7) is 4.65. The molecular formula is C18H21N5OS. The third kappa shape index (κ3) is 4.11. The summed E-state index contributed by atoms with van der Waals surface area (Å²) in [7, 11) is 1.94. The zero-order chi connectivity index (χ0) is 17.8. The lowest BCUT2D eigenvalue weighted by Gasteiger charge is -2.05. The van der Waals surface area contributed by atoms with Gasteiger partial charge in [-0.05, 0) is 38.0 Å². The quantitative estimate of drug-likeness (QED) is 0.737. The number of amides is 1. The third-order valence-corrected chi connectivity index (χ3v) is 5.10. The molecule has 0 aliphatic rings. The molecule has 0 bridgehead atoms. The molecule has 0 spiro atoms. The maximum absolute atomic E-state index is 12.1. The molecule has 1 amide bonds. The summed E-state index contributed by atoms with van der Waals surface area (Å²) in [6, 6.07) is 3.85. The maximum atomic E-state index is 12.1. The summed E-state index contributed by atoms with van der Waals surface area (Å²) in [5, 5.41) is 10.2. The second-order valence-electron chi connectivity index (χ2n) is 5.94. The molecule has 0 radical (unpaired) electrons. The first kappa shape index (κ1) is 17.3. The number of nitrogens with one attached hydrogen (secondary N) is 1. The van der Waals surface area contributed by atoms with Gasteiger partial charge in [0.1, 0.15) is 5.01 Å². The monoisotopic (exact) mass is 355 g/mol. The van der Waals surface area contributed by atoms with Crippen LogP contribution in [-0.4, -0.2) is 32.2 Å². The van der Waals surface area contributed by atoms with E-state index in [0.29, 0.717) is 13.0 Å². The van der Waals surface area contributed by atoms with Crippen LogP contribution in [-0.2, 0) is 24.7 Å². The van der Waals surface area contributed by atoms with Crippen LogP contribution in [0, 0.1) is 13.8 Å². The van der Waals surface area contributed by atoms with Crippen LogP contribution in [0.4, 0.5) is 0 Å². The zero-order valence-electron chi connectivity index (χ0n) is 14.6. The molecule has 3 rings (SSSR count). The van der Waals surface area contributed by atoms with Crippen molar-refractivity contribution in [3.63, 3.8) is 0 Å². The molecule has 0 fully saturated rings. The molecule has 0 saturated heterocycles. The number of carbonyl (C=O) groups is 1. The number of aromatic nitrogens is 4. The maximum Gasteiger partial charge on any atom is 0.226 e. The minimum absolute atomic E-state index is 0.0118. The molecule has 6 nitrogen and oxygen atoms in total. The Morgan fingerprint density at radius 2 is 2.20 bits per heavy atom. The van der Waals surface area contributed by atoms with E-state index in [4.69, 9.17) is 0 Å². The number of hydrogen-bond acceptors (Lipinski definition) is 5. The molecule has 0 aliphatic heterocycles. The molecule has 3 heterocycles. The Kier molecular flexibility index (Phi) is 5.23. The predicted octanol–water partition coefficient (Wildman–Crippen LogP) is 2.46. The molecule has 1 N–H and O–H groups in total. The van der Waals surface area contributed by atoms with E-state index in [1.165, 1.54) is 16.9 Å². The van der Waals surface area contributed by atoms with E-state index in [9.17, 15) is 4.79 Å². The first-order chi connectivity index (χ1) is 12.0. The Labute approximate surface area is 150 Å². The highest BCUT2D eigenvalue weighted by Crippen LogP contribution is 2.22. The molecule has 0 atom stereocenters. The van der Waals surface area contributed by atoms with Crippen LogP contribution in [0.3, 0.4) is 0 Å². The van der Waals surface area contributed by atoms with E-state index >= 15 is 0 Å². The van der Waals surface area contributed by atoms with E-state index in [1.54, 1.807) is 12.4 Å². The predicted molar refractivity (Wildman–Crippen MR) is 98.4 cm³/mol. The van der Waals surface area contributed by atoms with Crippen molar-refractivity contribution < 1.29 is 4.79 Å². The smallest absolute Gasteiger partial charge is 0.226 e. The number of rotatable bonds is 6. The number of nitrogens with zero attached hydrogens (tertiary/aromatic N) is 4. The first-order valence-electron chi connectivity index (χ1n) is 8.15. The lowest BCUT2D eigenvalue weighted by Crippen LogP contribution is -2.27. The van der Waals surface area contributed by atoms with Crippen molar-refractivity contribution >= 4 is 17.2 Å². The molecule has 7 heteroatoms. The van der Waals surface area contributed by atoms with Crippen LogP contribution in [0.2, 0.25) is 0 Å². The Bertz CT molecular complexity index is 869. The van der Waals surface area contributed by atoms with Crippen LogP contribution >= 0.6 is 11.3 Å². The molecule has 3 aromatic heterocycles. The Hall–Kier alpha value is -2.54. The fraction of sp³-hybridized carbons (Fsp3) is 0.333. The SMILES string of the molecule is Cc1nn(C)c(C)c1CCNC(=O)Cc1csc(-c2cccnc2)n1. The molecule has 0 aromatic carbocycles. The van der Waals surface area contributed by atoms with Crippen LogP contribution < -0.4 is 5.32 Å². The molecule has 25 heavy (non-hydrogen) atoms. The topological polar surface area (TPSA) is 72.7 Å². The number of hydrogen-bond donors (Lipinski definition) is 1. The van der Waals surface area contributed by atoms with Crippen LogP contribution in [0.25, 0.3) is 10.6 Å². The average Bonchev–Trinajstić information content (AvgIpc) is 3.15. The van der Waals surface area contributed by atoms with Crippen molar-refractivity contribution in [3.05, 3.63) is 52.6 Å². The lowest BCUT2D eigenvalue weighted by molar-refractivity contribution is -0.120. The van der Waals surface area contributed by atoms with E-state index in [1.807, 2.05) is 43.1 Å². The summed E-state index contributed by atoms with van der Waals surface area (Å²) in [5.74, 6) is -0.0118. The Balaban J connectivity index is 1.52. The van der Waals surface area contributed by atoms with Gasteiger partial charge in [0, 0.05) is 42.6 Å². The first-order valence-corrected chi connectivity index (χ1v) is 9.03. The molecule has 3 aromatic rings. The van der Waals surface area contributed by atoms with Gasteiger partial charge in [0.05, 0.1) is 17.8 Å². The molecule has 0 unspecified atom stereocenters. The molecule has 130 valence electrons. The van der Waals surface area contributed by atoms with Gasteiger partial charge < -0.3 is 5.32 Å². The van der Waals surface area contributed by atoms with Gasteiger partial charge in [-0.1, -0.05) is 0 Å². The van der Waals surface area contributed by atoms with E-state index in [2.05, 4.69) is 20.4 Å². The van der Waals surface area contributed by atoms with E-state index in [0.717, 1.165) is 34.1 Å². The third-order valence-electron chi connectivity index (χ3n) is 4.16. The number of aryl methyl sites for hydroxylation is 2. The van der Waals surface area contributed by atoms with Gasteiger partial charge in [-0.25, -0.2) is 4.98 Å². The number of pyridine rings is 1. The van der Waals surface area contributed by atoms with Gasteiger partial charge in [-0.3, -0.25) is 14.5 Å².